The molecule has 1 aromatic heterocycles. The first kappa shape index (κ1) is 13.7. The summed E-state index contributed by atoms with van der Waals surface area (Å²) in [4.78, 5) is 16.0. The van der Waals surface area contributed by atoms with Crippen molar-refractivity contribution in [1.29, 1.82) is 0 Å². The number of aromatic nitrogens is 1. The van der Waals surface area contributed by atoms with Gasteiger partial charge in [-0.05, 0) is 24.1 Å². The fourth-order valence-electron chi connectivity index (χ4n) is 1.81. The van der Waals surface area contributed by atoms with Gasteiger partial charge in [0, 0.05) is 23.8 Å². The maximum absolute atomic E-state index is 12.0. The van der Waals surface area contributed by atoms with Crippen LogP contribution in [0.4, 0.5) is 0 Å². The second kappa shape index (κ2) is 7.04. The summed E-state index contributed by atoms with van der Waals surface area (Å²) in [5.74, 6) is -0.0894. The van der Waals surface area contributed by atoms with Crippen LogP contribution in [0, 0.1) is 0 Å². The number of alkyl halides is 1. The Labute approximate surface area is 121 Å². The zero-order valence-corrected chi connectivity index (χ0v) is 12.0. The van der Waals surface area contributed by atoms with Gasteiger partial charge in [-0.2, -0.15) is 0 Å². The van der Waals surface area contributed by atoms with E-state index in [2.05, 4.69) is 38.4 Å². The monoisotopic (exact) mass is 318 g/mol. The van der Waals surface area contributed by atoms with Crippen molar-refractivity contribution in [3.8, 4) is 0 Å². The normalized spacial score (nSPS) is 11.8. The molecule has 0 aliphatic carbocycles. The van der Waals surface area contributed by atoms with E-state index in [1.165, 1.54) is 5.56 Å². The van der Waals surface area contributed by atoms with Crippen molar-refractivity contribution in [3.63, 3.8) is 0 Å². The molecule has 98 valence electrons. The van der Waals surface area contributed by atoms with Gasteiger partial charge in [-0.25, -0.2) is 0 Å². The predicted octanol–water partition coefficient (Wildman–Crippen LogP) is 2.82. The number of pyridine rings is 1. The Bertz CT molecular complexity index is 516. The van der Waals surface area contributed by atoms with E-state index in [1.54, 1.807) is 24.5 Å². The molecule has 3 nitrogen and oxygen atoms in total. The molecular formula is C15H15BrN2O. The largest absolute Gasteiger partial charge is 0.348 e. The Balaban J connectivity index is 1.98. The number of benzene rings is 1. The molecule has 19 heavy (non-hydrogen) atoms. The highest BCUT2D eigenvalue weighted by Gasteiger charge is 2.13. The maximum Gasteiger partial charge on any atom is 0.253 e. The fourth-order valence-corrected chi connectivity index (χ4v) is 2.20. The van der Waals surface area contributed by atoms with Crippen molar-refractivity contribution in [2.45, 2.75) is 12.5 Å². The molecule has 1 N–H and O–H groups in total. The lowest BCUT2D eigenvalue weighted by molar-refractivity contribution is 0.0940. The van der Waals surface area contributed by atoms with Gasteiger partial charge in [0.05, 0.1) is 5.56 Å². The minimum Gasteiger partial charge on any atom is -0.348 e. The molecule has 2 aromatic rings. The van der Waals surface area contributed by atoms with E-state index in [-0.39, 0.29) is 11.9 Å². The number of hydrogen-bond donors (Lipinski definition) is 1. The minimum absolute atomic E-state index is 0.0649. The SMILES string of the molecule is O=C(NC(CBr)Cc1ccccc1)c1cccnc1. The summed E-state index contributed by atoms with van der Waals surface area (Å²) in [7, 11) is 0. The van der Waals surface area contributed by atoms with E-state index in [1.807, 2.05) is 18.2 Å². The van der Waals surface area contributed by atoms with Gasteiger partial charge in [0.15, 0.2) is 0 Å². The molecule has 0 radical (unpaired) electrons. The Morgan fingerprint density at radius 3 is 2.63 bits per heavy atom. The molecule has 1 amide bonds. The molecule has 0 aliphatic heterocycles. The summed E-state index contributed by atoms with van der Waals surface area (Å²) in [5, 5.41) is 3.72. The van der Waals surface area contributed by atoms with E-state index < -0.39 is 0 Å². The fraction of sp³-hybridized carbons (Fsp3) is 0.200. The lowest BCUT2D eigenvalue weighted by Crippen LogP contribution is -2.37. The molecule has 0 spiro atoms. The summed E-state index contributed by atoms with van der Waals surface area (Å²) in [6.07, 6.45) is 4.03. The van der Waals surface area contributed by atoms with Crippen molar-refractivity contribution in [2.75, 3.05) is 5.33 Å². The van der Waals surface area contributed by atoms with Crippen LogP contribution in [0.15, 0.2) is 54.9 Å². The highest BCUT2D eigenvalue weighted by Crippen LogP contribution is 2.06. The first-order chi connectivity index (χ1) is 9.29. The number of nitrogens with one attached hydrogen (secondary N) is 1. The van der Waals surface area contributed by atoms with Crippen LogP contribution in [0.1, 0.15) is 15.9 Å². The molecule has 4 heteroatoms. The number of carbonyl (C=O) groups excluding carboxylic acids is 1. The number of nitrogens with zero attached hydrogens (tertiary/aromatic N) is 1. The van der Waals surface area contributed by atoms with Gasteiger partial charge in [0.2, 0.25) is 0 Å². The molecular weight excluding hydrogens is 304 g/mol. The van der Waals surface area contributed by atoms with Gasteiger partial charge < -0.3 is 5.32 Å². The number of hydrogen-bond acceptors (Lipinski definition) is 2. The summed E-state index contributed by atoms with van der Waals surface area (Å²) in [6, 6.07) is 13.7. The van der Waals surface area contributed by atoms with Crippen LogP contribution in [0.2, 0.25) is 0 Å². The van der Waals surface area contributed by atoms with Gasteiger partial charge in [-0.15, -0.1) is 0 Å². The summed E-state index contributed by atoms with van der Waals surface area (Å²) in [5.41, 5.74) is 1.79. The Morgan fingerprint density at radius 2 is 2.00 bits per heavy atom. The first-order valence-corrected chi connectivity index (χ1v) is 7.22. The Kier molecular flexibility index (Phi) is 5.10. The third kappa shape index (κ3) is 4.17. The predicted molar refractivity (Wildman–Crippen MR) is 79.4 cm³/mol. The molecule has 0 saturated carbocycles. The van der Waals surface area contributed by atoms with Crippen molar-refractivity contribution >= 4 is 21.8 Å². The number of amides is 1. The highest BCUT2D eigenvalue weighted by molar-refractivity contribution is 9.09. The van der Waals surface area contributed by atoms with Gasteiger partial charge in [0.1, 0.15) is 0 Å². The van der Waals surface area contributed by atoms with Crippen LogP contribution in [-0.2, 0) is 6.42 Å². The quantitative estimate of drug-likeness (QED) is 0.861. The van der Waals surface area contributed by atoms with Crippen LogP contribution in [-0.4, -0.2) is 22.3 Å². The van der Waals surface area contributed by atoms with Crippen LogP contribution in [0.5, 0.6) is 0 Å². The summed E-state index contributed by atoms with van der Waals surface area (Å²) >= 11 is 3.44. The molecule has 2 rings (SSSR count). The maximum atomic E-state index is 12.0. The molecule has 0 saturated heterocycles. The zero-order chi connectivity index (χ0) is 13.5. The van der Waals surface area contributed by atoms with Crippen LogP contribution >= 0.6 is 15.9 Å². The van der Waals surface area contributed by atoms with Crippen LogP contribution < -0.4 is 5.32 Å². The molecule has 1 aromatic carbocycles. The van der Waals surface area contributed by atoms with Gasteiger partial charge in [0.25, 0.3) is 5.91 Å². The van der Waals surface area contributed by atoms with Crippen molar-refractivity contribution in [3.05, 3.63) is 66.0 Å². The van der Waals surface area contributed by atoms with E-state index in [4.69, 9.17) is 0 Å². The molecule has 0 bridgehead atoms. The number of carbonyl (C=O) groups is 1. The van der Waals surface area contributed by atoms with E-state index >= 15 is 0 Å². The second-order valence-corrected chi connectivity index (χ2v) is 4.90. The Morgan fingerprint density at radius 1 is 1.21 bits per heavy atom. The van der Waals surface area contributed by atoms with E-state index in [9.17, 15) is 4.79 Å². The first-order valence-electron chi connectivity index (χ1n) is 6.10. The molecule has 1 heterocycles. The lowest BCUT2D eigenvalue weighted by Gasteiger charge is -2.16. The van der Waals surface area contributed by atoms with Crippen LogP contribution in [0.25, 0.3) is 0 Å². The van der Waals surface area contributed by atoms with Gasteiger partial charge in [-0.3, -0.25) is 9.78 Å². The van der Waals surface area contributed by atoms with Gasteiger partial charge in [-0.1, -0.05) is 46.3 Å². The summed E-state index contributed by atoms with van der Waals surface area (Å²) in [6.45, 7) is 0. The molecule has 0 fully saturated rings. The minimum atomic E-state index is -0.0894. The molecule has 1 unspecified atom stereocenters. The average molecular weight is 319 g/mol. The topological polar surface area (TPSA) is 42.0 Å². The lowest BCUT2D eigenvalue weighted by atomic mass is 10.1. The third-order valence-electron chi connectivity index (χ3n) is 2.77. The van der Waals surface area contributed by atoms with Gasteiger partial charge >= 0.3 is 0 Å². The third-order valence-corrected chi connectivity index (χ3v) is 3.55. The average Bonchev–Trinajstić information content (AvgIpc) is 2.48. The van der Waals surface area contributed by atoms with Crippen molar-refractivity contribution in [2.24, 2.45) is 0 Å². The molecule has 1 atom stereocenters. The Hall–Kier alpha value is -1.68. The van der Waals surface area contributed by atoms with Crippen molar-refractivity contribution in [1.82, 2.24) is 10.3 Å². The van der Waals surface area contributed by atoms with Crippen LogP contribution in [0.3, 0.4) is 0 Å². The second-order valence-electron chi connectivity index (χ2n) is 4.26. The number of rotatable bonds is 5. The van der Waals surface area contributed by atoms with E-state index in [0.29, 0.717) is 10.9 Å². The zero-order valence-electron chi connectivity index (χ0n) is 10.4. The molecule has 0 aliphatic rings. The summed E-state index contributed by atoms with van der Waals surface area (Å²) < 4.78 is 0. The number of halogens is 1. The smallest absolute Gasteiger partial charge is 0.253 e. The van der Waals surface area contributed by atoms with E-state index in [0.717, 1.165) is 6.42 Å². The highest BCUT2D eigenvalue weighted by atomic mass is 79.9. The van der Waals surface area contributed by atoms with Crippen molar-refractivity contribution < 1.29 is 4.79 Å². The standard InChI is InChI=1S/C15H15BrN2O/c16-10-14(9-12-5-2-1-3-6-12)18-15(19)13-7-4-8-17-11-13/h1-8,11,14H,9-10H2,(H,18,19).